The summed E-state index contributed by atoms with van der Waals surface area (Å²) in [6.45, 7) is 3.83. The molecule has 4 rings (SSSR count). The first-order valence-electron chi connectivity index (χ1n) is 10.6. The molecule has 8 nitrogen and oxygen atoms in total. The summed E-state index contributed by atoms with van der Waals surface area (Å²) in [5.74, 6) is 0.318. The van der Waals surface area contributed by atoms with E-state index in [0.29, 0.717) is 5.70 Å². The summed E-state index contributed by atoms with van der Waals surface area (Å²) in [7, 11) is 1.63. The lowest BCUT2D eigenvalue weighted by Gasteiger charge is -2.31. The van der Waals surface area contributed by atoms with Crippen LogP contribution in [0, 0.1) is 16.0 Å². The molecule has 1 aliphatic heterocycles. The minimum Gasteiger partial charge on any atom is -0.497 e. The average Bonchev–Trinajstić information content (AvgIpc) is 3.19. The summed E-state index contributed by atoms with van der Waals surface area (Å²) < 4.78 is 10.5. The molecule has 0 N–H and O–H groups in total. The molecule has 0 amide bonds. The van der Waals surface area contributed by atoms with E-state index < -0.39 is 10.9 Å². The summed E-state index contributed by atoms with van der Waals surface area (Å²) in [5.41, 5.74) is 4.53. The fourth-order valence-electron chi connectivity index (χ4n) is 4.49. The summed E-state index contributed by atoms with van der Waals surface area (Å²) in [6, 6.07) is 12.3. The lowest BCUT2D eigenvalue weighted by Crippen LogP contribution is -2.28. The van der Waals surface area contributed by atoms with E-state index in [4.69, 9.17) is 14.6 Å². The number of rotatable bonds is 6. The molecule has 2 aliphatic rings. The van der Waals surface area contributed by atoms with Crippen LogP contribution in [0.15, 0.2) is 59.3 Å². The van der Waals surface area contributed by atoms with E-state index >= 15 is 0 Å². The number of fused-ring (bicyclic) bond motifs is 3. The van der Waals surface area contributed by atoms with Gasteiger partial charge in [-0.25, -0.2) is 4.79 Å². The molecule has 8 heteroatoms. The predicted octanol–water partition coefficient (Wildman–Crippen LogP) is 4.39. The first-order valence-corrected chi connectivity index (χ1v) is 10.6. The van der Waals surface area contributed by atoms with Gasteiger partial charge in [0.05, 0.1) is 30.4 Å². The number of ether oxygens (including phenoxy) is 2. The Morgan fingerprint density at radius 3 is 2.84 bits per heavy atom. The van der Waals surface area contributed by atoms with Crippen molar-refractivity contribution in [3.8, 4) is 5.75 Å². The summed E-state index contributed by atoms with van der Waals surface area (Å²) in [4.78, 5) is 23.1. The Labute approximate surface area is 186 Å². The van der Waals surface area contributed by atoms with Gasteiger partial charge in [0.15, 0.2) is 0 Å². The molecular weight excluding hydrogens is 410 g/mol. The molecule has 0 fully saturated rings. The van der Waals surface area contributed by atoms with Crippen molar-refractivity contribution in [2.75, 3.05) is 13.7 Å². The Hall–Kier alpha value is -3.68. The highest BCUT2D eigenvalue weighted by Crippen LogP contribution is 2.45. The summed E-state index contributed by atoms with van der Waals surface area (Å²) >= 11 is 0. The third-order valence-corrected chi connectivity index (χ3v) is 5.93. The van der Waals surface area contributed by atoms with Crippen molar-refractivity contribution in [1.82, 2.24) is 5.01 Å². The second-order valence-electron chi connectivity index (χ2n) is 7.83. The van der Waals surface area contributed by atoms with E-state index in [9.17, 15) is 14.9 Å². The van der Waals surface area contributed by atoms with Crippen molar-refractivity contribution in [2.24, 2.45) is 11.0 Å². The quantitative estimate of drug-likeness (QED) is 0.289. The number of nitrogens with zero attached hydrogens (tertiary/aromatic N) is 3. The van der Waals surface area contributed by atoms with Crippen LogP contribution in [0.2, 0.25) is 0 Å². The van der Waals surface area contributed by atoms with Crippen molar-refractivity contribution >= 4 is 17.4 Å². The third kappa shape index (κ3) is 3.95. The summed E-state index contributed by atoms with van der Waals surface area (Å²) in [6.07, 6.45) is 3.12. The summed E-state index contributed by atoms with van der Waals surface area (Å²) in [5, 5.41) is 18.1. The van der Waals surface area contributed by atoms with E-state index in [1.807, 2.05) is 18.2 Å². The second-order valence-corrected chi connectivity index (χ2v) is 7.83. The molecule has 32 heavy (non-hydrogen) atoms. The average molecular weight is 435 g/mol. The Balaban J connectivity index is 1.82. The number of benzene rings is 2. The first-order chi connectivity index (χ1) is 15.4. The highest BCUT2D eigenvalue weighted by atomic mass is 16.6. The number of carbonyl (C=O) groups excluding carboxylic acids is 1. The number of hydrogen-bond donors (Lipinski definition) is 0. The van der Waals surface area contributed by atoms with Gasteiger partial charge in [-0.15, -0.1) is 0 Å². The molecule has 2 aromatic rings. The zero-order valence-corrected chi connectivity index (χ0v) is 18.3. The highest BCUT2D eigenvalue weighted by Gasteiger charge is 2.42. The number of allylic oxidation sites excluding steroid dienone is 1. The van der Waals surface area contributed by atoms with E-state index in [2.05, 4.69) is 6.07 Å². The SMILES string of the molecule is CCOC(=O)/C=C(\C)N1N=C2c3cc(OC)ccc3CC[C@@H]2[C@@H]1c1cccc([N+](=O)[O-])c1. The van der Waals surface area contributed by atoms with Crippen molar-refractivity contribution < 1.29 is 19.2 Å². The van der Waals surface area contributed by atoms with Gasteiger partial charge in [-0.1, -0.05) is 18.2 Å². The number of non-ortho nitro benzene ring substituents is 1. The Bertz CT molecular complexity index is 1120. The number of carbonyl (C=O) groups is 1. The normalized spacial score (nSPS) is 19.7. The van der Waals surface area contributed by atoms with Crippen LogP contribution in [0.1, 0.15) is 43.0 Å². The maximum absolute atomic E-state index is 12.1. The molecule has 0 saturated heterocycles. The second kappa shape index (κ2) is 8.82. The Kier molecular flexibility index (Phi) is 5.94. The van der Waals surface area contributed by atoms with Crippen LogP contribution in [0.25, 0.3) is 0 Å². The smallest absolute Gasteiger partial charge is 0.332 e. The Morgan fingerprint density at radius 1 is 1.31 bits per heavy atom. The molecule has 0 spiro atoms. The molecule has 2 atom stereocenters. The fraction of sp³-hybridized carbons (Fsp3) is 0.333. The lowest BCUT2D eigenvalue weighted by atomic mass is 9.77. The fourth-order valence-corrected chi connectivity index (χ4v) is 4.49. The Morgan fingerprint density at radius 2 is 2.12 bits per heavy atom. The van der Waals surface area contributed by atoms with Crippen molar-refractivity contribution in [3.63, 3.8) is 0 Å². The van der Waals surface area contributed by atoms with Gasteiger partial charge in [-0.3, -0.25) is 15.1 Å². The zero-order chi connectivity index (χ0) is 22.8. The van der Waals surface area contributed by atoms with Crippen LogP contribution >= 0.6 is 0 Å². The van der Waals surface area contributed by atoms with Gasteiger partial charge in [0, 0.05) is 35.4 Å². The molecule has 0 saturated carbocycles. The number of esters is 1. The standard InChI is InChI=1S/C24H25N3O5/c1-4-32-22(28)12-15(2)26-24(17-6-5-7-18(13-17)27(29)30)20-11-9-16-8-10-19(31-3)14-21(16)23(20)25-26/h5-8,10,12-14,20,24H,4,9,11H2,1-3H3/b15-12+/t20-,24-/m0/s1. The number of methoxy groups -OCH3 is 1. The van der Waals surface area contributed by atoms with Crippen LogP contribution < -0.4 is 4.74 Å². The number of nitro groups is 1. The van der Waals surface area contributed by atoms with Gasteiger partial charge in [0.2, 0.25) is 0 Å². The van der Waals surface area contributed by atoms with E-state index in [1.165, 1.54) is 17.7 Å². The lowest BCUT2D eigenvalue weighted by molar-refractivity contribution is -0.385. The largest absolute Gasteiger partial charge is 0.497 e. The highest BCUT2D eigenvalue weighted by molar-refractivity contribution is 6.06. The van der Waals surface area contributed by atoms with Crippen LogP contribution in [0.3, 0.4) is 0 Å². The van der Waals surface area contributed by atoms with Crippen molar-refractivity contribution in [1.29, 1.82) is 0 Å². The van der Waals surface area contributed by atoms with Crippen LogP contribution in [0.5, 0.6) is 5.75 Å². The van der Waals surface area contributed by atoms with Crippen molar-refractivity contribution in [2.45, 2.75) is 32.7 Å². The van der Waals surface area contributed by atoms with Crippen LogP contribution in [0.4, 0.5) is 5.69 Å². The van der Waals surface area contributed by atoms with E-state index in [-0.39, 0.29) is 24.3 Å². The first kappa shape index (κ1) is 21.5. The minimum absolute atomic E-state index is 0.0159. The maximum atomic E-state index is 12.1. The number of hydrogen-bond acceptors (Lipinski definition) is 7. The number of hydrazone groups is 1. The number of nitro benzene ring substituents is 1. The van der Waals surface area contributed by atoms with Gasteiger partial charge < -0.3 is 9.47 Å². The molecule has 1 aliphatic carbocycles. The van der Waals surface area contributed by atoms with E-state index in [0.717, 1.165) is 35.4 Å². The van der Waals surface area contributed by atoms with Crippen molar-refractivity contribution in [3.05, 3.63) is 81.0 Å². The van der Waals surface area contributed by atoms with Gasteiger partial charge in [-0.05, 0) is 49.9 Å². The molecule has 0 radical (unpaired) electrons. The molecule has 0 aromatic heterocycles. The molecule has 1 heterocycles. The van der Waals surface area contributed by atoms with Crippen LogP contribution in [-0.4, -0.2) is 35.3 Å². The number of aryl methyl sites for hydroxylation is 1. The van der Waals surface area contributed by atoms with Gasteiger partial charge >= 0.3 is 5.97 Å². The van der Waals surface area contributed by atoms with Gasteiger partial charge in [0.25, 0.3) is 5.69 Å². The molecular formula is C24H25N3O5. The molecule has 2 aromatic carbocycles. The third-order valence-electron chi connectivity index (χ3n) is 5.93. The topological polar surface area (TPSA) is 94.3 Å². The predicted molar refractivity (Wildman–Crippen MR) is 119 cm³/mol. The van der Waals surface area contributed by atoms with Crippen LogP contribution in [-0.2, 0) is 16.0 Å². The molecule has 0 unspecified atom stereocenters. The minimum atomic E-state index is -0.445. The zero-order valence-electron chi connectivity index (χ0n) is 18.3. The van der Waals surface area contributed by atoms with Gasteiger partial charge in [0.1, 0.15) is 5.75 Å². The van der Waals surface area contributed by atoms with E-state index in [1.54, 1.807) is 38.1 Å². The molecule has 0 bridgehead atoms. The molecule has 166 valence electrons. The van der Waals surface area contributed by atoms with Gasteiger partial charge in [-0.2, -0.15) is 5.10 Å². The monoisotopic (exact) mass is 435 g/mol. The maximum Gasteiger partial charge on any atom is 0.332 e.